The first-order chi connectivity index (χ1) is 20.3. The summed E-state index contributed by atoms with van der Waals surface area (Å²) in [5.41, 5.74) is 9.24. The summed E-state index contributed by atoms with van der Waals surface area (Å²) < 4.78 is 10.2. The number of benzene rings is 2. The summed E-state index contributed by atoms with van der Waals surface area (Å²) in [6.45, 7) is 7.19. The van der Waals surface area contributed by atoms with Crippen molar-refractivity contribution in [1.82, 2.24) is 20.2 Å². The zero-order valence-corrected chi connectivity index (χ0v) is 25.3. The summed E-state index contributed by atoms with van der Waals surface area (Å²) in [5.74, 6) is 2.12. The summed E-state index contributed by atoms with van der Waals surface area (Å²) in [6, 6.07) is 12.4. The molecule has 8 nitrogen and oxygen atoms in total. The van der Waals surface area contributed by atoms with Gasteiger partial charge in [0.05, 0.1) is 31.6 Å². The van der Waals surface area contributed by atoms with Crippen LogP contribution < -0.4 is 5.32 Å². The maximum Gasteiger partial charge on any atom is 0.407 e. The van der Waals surface area contributed by atoms with E-state index < -0.39 is 12.1 Å². The highest BCUT2D eigenvalue weighted by Crippen LogP contribution is 2.56. The Bertz CT molecular complexity index is 1460. The fourth-order valence-electron chi connectivity index (χ4n) is 7.63. The Morgan fingerprint density at radius 1 is 1.02 bits per heavy atom. The lowest BCUT2D eigenvalue weighted by molar-refractivity contribution is -0.135. The normalized spacial score (nSPS) is 23.3. The van der Waals surface area contributed by atoms with E-state index in [1.165, 1.54) is 43.1 Å². The number of amides is 2. The molecule has 1 saturated carbocycles. The molecule has 1 saturated heterocycles. The van der Waals surface area contributed by atoms with E-state index in [1.807, 2.05) is 24.9 Å². The Hall–Kier alpha value is -3.65. The van der Waals surface area contributed by atoms with Crippen molar-refractivity contribution < 1.29 is 19.1 Å². The lowest BCUT2D eigenvalue weighted by Gasteiger charge is -2.30. The number of aromatic amines is 1. The third kappa shape index (κ3) is 5.10. The molecule has 42 heavy (non-hydrogen) atoms. The van der Waals surface area contributed by atoms with E-state index in [0.29, 0.717) is 19.1 Å². The molecule has 3 aliphatic rings. The number of rotatable bonds is 8. The second-order valence-corrected chi connectivity index (χ2v) is 12.6. The van der Waals surface area contributed by atoms with Crippen LogP contribution in [0.4, 0.5) is 4.79 Å². The van der Waals surface area contributed by atoms with Crippen LogP contribution in [0.1, 0.15) is 79.9 Å². The number of fused-ring (bicyclic) bond motifs is 5. The molecule has 2 unspecified atom stereocenters. The van der Waals surface area contributed by atoms with E-state index in [9.17, 15) is 9.59 Å². The van der Waals surface area contributed by atoms with Crippen LogP contribution in [-0.4, -0.2) is 60.3 Å². The Balaban J connectivity index is 1.24. The molecule has 1 aromatic heterocycles. The molecule has 2 heterocycles. The van der Waals surface area contributed by atoms with Gasteiger partial charge in [-0.2, -0.15) is 0 Å². The number of hydrogen-bond donors (Lipinski definition) is 2. The van der Waals surface area contributed by atoms with Gasteiger partial charge in [0.1, 0.15) is 11.9 Å². The number of aromatic nitrogens is 2. The highest BCUT2D eigenvalue weighted by molar-refractivity contribution is 5.86. The summed E-state index contributed by atoms with van der Waals surface area (Å²) in [6.07, 6.45) is 5.93. The van der Waals surface area contributed by atoms with Gasteiger partial charge in [0.2, 0.25) is 5.91 Å². The number of nitrogens with zero attached hydrogens (tertiary/aromatic N) is 2. The van der Waals surface area contributed by atoms with Crippen molar-refractivity contribution in [1.29, 1.82) is 0 Å². The van der Waals surface area contributed by atoms with E-state index >= 15 is 0 Å². The van der Waals surface area contributed by atoms with Crippen LogP contribution in [0.25, 0.3) is 22.4 Å². The average molecular weight is 571 g/mol. The quantitative estimate of drug-likeness (QED) is 0.330. The second-order valence-electron chi connectivity index (χ2n) is 12.6. The van der Waals surface area contributed by atoms with Gasteiger partial charge in [0.25, 0.3) is 0 Å². The molecule has 3 aromatic rings. The van der Waals surface area contributed by atoms with E-state index in [2.05, 4.69) is 53.6 Å². The molecule has 2 aromatic carbocycles. The van der Waals surface area contributed by atoms with Crippen LogP contribution in [-0.2, 0) is 14.3 Å². The SMILES string of the molecule is COC[C@H]1C[C@@H](c2ncc(-c3ccc(-c4ccc(C)c5c4C4CCC5C4)cc3)[nH]2)N(C(=O)[C@@H](NC(=O)OC)C(C)C)C1. The zero-order valence-electron chi connectivity index (χ0n) is 25.3. The fraction of sp³-hybridized carbons (Fsp3) is 0.500. The Kier molecular flexibility index (Phi) is 7.83. The number of aryl methyl sites for hydroxylation is 1. The maximum absolute atomic E-state index is 13.7. The Morgan fingerprint density at radius 2 is 1.74 bits per heavy atom. The maximum atomic E-state index is 13.7. The van der Waals surface area contributed by atoms with Gasteiger partial charge in [0.15, 0.2) is 0 Å². The average Bonchev–Trinajstić information content (AvgIpc) is 3.80. The molecule has 8 heteroatoms. The number of alkyl carbamates (subject to hydrolysis) is 1. The minimum atomic E-state index is -0.693. The number of carbonyl (C=O) groups is 2. The highest BCUT2D eigenvalue weighted by Gasteiger charge is 2.42. The molecule has 1 aliphatic heterocycles. The van der Waals surface area contributed by atoms with Gasteiger partial charge in [0, 0.05) is 19.6 Å². The van der Waals surface area contributed by atoms with E-state index in [-0.39, 0.29) is 23.8 Å². The largest absolute Gasteiger partial charge is 0.453 e. The van der Waals surface area contributed by atoms with E-state index in [1.54, 1.807) is 18.2 Å². The lowest BCUT2D eigenvalue weighted by atomic mass is 9.83. The van der Waals surface area contributed by atoms with Crippen LogP contribution in [0.5, 0.6) is 0 Å². The number of methoxy groups -OCH3 is 2. The van der Waals surface area contributed by atoms with Crippen molar-refractivity contribution in [3.63, 3.8) is 0 Å². The minimum absolute atomic E-state index is 0.102. The van der Waals surface area contributed by atoms with Crippen molar-refractivity contribution in [2.45, 2.75) is 70.4 Å². The number of nitrogens with one attached hydrogen (secondary N) is 2. The predicted molar refractivity (Wildman–Crippen MR) is 162 cm³/mol. The zero-order chi connectivity index (χ0) is 29.5. The van der Waals surface area contributed by atoms with Gasteiger partial charge in [-0.1, -0.05) is 50.2 Å². The van der Waals surface area contributed by atoms with Gasteiger partial charge in [-0.15, -0.1) is 0 Å². The second kappa shape index (κ2) is 11.6. The molecule has 0 spiro atoms. The Labute approximate surface area is 248 Å². The molecule has 2 N–H and O–H groups in total. The summed E-state index contributed by atoms with van der Waals surface area (Å²) in [7, 11) is 2.98. The molecule has 2 amide bonds. The lowest BCUT2D eigenvalue weighted by Crippen LogP contribution is -2.51. The van der Waals surface area contributed by atoms with Gasteiger partial charge >= 0.3 is 6.09 Å². The molecule has 5 atom stereocenters. The molecular formula is C34H42N4O4. The monoisotopic (exact) mass is 570 g/mol. The molecule has 2 fully saturated rings. The van der Waals surface area contributed by atoms with Crippen molar-refractivity contribution in [2.75, 3.05) is 27.4 Å². The van der Waals surface area contributed by atoms with Crippen molar-refractivity contribution >= 4 is 12.0 Å². The molecular weight excluding hydrogens is 528 g/mol. The number of likely N-dealkylation sites (tertiary alicyclic amines) is 1. The number of H-pyrrole nitrogens is 1. The van der Waals surface area contributed by atoms with Crippen LogP contribution in [0, 0.1) is 18.8 Å². The smallest absolute Gasteiger partial charge is 0.407 e. The molecule has 6 rings (SSSR count). The number of imidazole rings is 1. The van der Waals surface area contributed by atoms with Gasteiger partial charge in [-0.05, 0) is 83.7 Å². The van der Waals surface area contributed by atoms with Crippen molar-refractivity contribution in [3.8, 4) is 22.4 Å². The first-order valence-electron chi connectivity index (χ1n) is 15.2. The summed E-state index contributed by atoms with van der Waals surface area (Å²) in [5, 5.41) is 2.72. The first kappa shape index (κ1) is 28.5. The topological polar surface area (TPSA) is 96.5 Å². The van der Waals surface area contributed by atoms with E-state index in [0.717, 1.165) is 29.4 Å². The first-order valence-corrected chi connectivity index (χ1v) is 15.2. The molecule has 222 valence electrons. The molecule has 0 radical (unpaired) electrons. The standard InChI is InChI=1S/C34H42N4O4/c1-19(2)31(37-34(40)42-5)33(39)38-17-21(18-41-4)14-28(38)32-35-16-27(36-32)23-9-7-22(8-10-23)26-13-6-20(3)29-24-11-12-25(15-24)30(26)29/h6-10,13,16,19,21,24-25,28,31H,11-12,14-15,17-18H2,1-5H3,(H,35,36)(H,37,40)/t21-,24?,25?,28-,31-/m0/s1. The van der Waals surface area contributed by atoms with Gasteiger partial charge in [-0.3, -0.25) is 4.79 Å². The fourth-order valence-corrected chi connectivity index (χ4v) is 7.63. The molecule has 2 aliphatic carbocycles. The van der Waals surface area contributed by atoms with Gasteiger partial charge in [-0.25, -0.2) is 9.78 Å². The van der Waals surface area contributed by atoms with Crippen LogP contribution in [0.3, 0.4) is 0 Å². The van der Waals surface area contributed by atoms with Crippen molar-refractivity contribution in [3.05, 3.63) is 65.1 Å². The minimum Gasteiger partial charge on any atom is -0.453 e. The third-order valence-corrected chi connectivity index (χ3v) is 9.64. The molecule has 2 bridgehead atoms. The van der Waals surface area contributed by atoms with Crippen LogP contribution in [0.15, 0.2) is 42.6 Å². The van der Waals surface area contributed by atoms with Crippen molar-refractivity contribution in [2.24, 2.45) is 11.8 Å². The third-order valence-electron chi connectivity index (χ3n) is 9.64. The van der Waals surface area contributed by atoms with Crippen LogP contribution in [0.2, 0.25) is 0 Å². The summed E-state index contributed by atoms with van der Waals surface area (Å²) in [4.78, 5) is 35.8. The van der Waals surface area contributed by atoms with E-state index in [4.69, 9.17) is 14.5 Å². The number of carbonyl (C=O) groups excluding carboxylic acids is 2. The predicted octanol–water partition coefficient (Wildman–Crippen LogP) is 6.33. The Morgan fingerprint density at radius 3 is 2.43 bits per heavy atom. The number of hydrogen-bond acceptors (Lipinski definition) is 5. The number of ether oxygens (including phenoxy) is 2. The highest BCUT2D eigenvalue weighted by atomic mass is 16.5. The summed E-state index contributed by atoms with van der Waals surface area (Å²) >= 11 is 0. The van der Waals surface area contributed by atoms with Gasteiger partial charge < -0.3 is 24.7 Å². The van der Waals surface area contributed by atoms with Crippen LogP contribution >= 0.6 is 0 Å².